The average Bonchev–Trinajstić information content (AvgIpc) is 3.38. The zero-order chi connectivity index (χ0) is 23.9. The largest absolute Gasteiger partial charge is 0.378 e. The van der Waals surface area contributed by atoms with Crippen LogP contribution < -0.4 is 15.5 Å². The van der Waals surface area contributed by atoms with Crippen molar-refractivity contribution < 1.29 is 17.9 Å². The van der Waals surface area contributed by atoms with E-state index >= 15 is 0 Å². The number of hydrogen-bond acceptors (Lipinski definition) is 7. The van der Waals surface area contributed by atoms with Crippen LogP contribution in [0.5, 0.6) is 0 Å². The predicted molar refractivity (Wildman–Crippen MR) is 129 cm³/mol. The highest BCUT2D eigenvalue weighted by molar-refractivity contribution is 7.89. The van der Waals surface area contributed by atoms with E-state index in [4.69, 9.17) is 4.74 Å². The molecule has 1 fully saturated rings. The fourth-order valence-electron chi connectivity index (χ4n) is 4.40. The minimum atomic E-state index is -3.93. The maximum Gasteiger partial charge on any atom is 0.283 e. The highest BCUT2D eigenvalue weighted by Gasteiger charge is 2.40. The van der Waals surface area contributed by atoms with Gasteiger partial charge < -0.3 is 20.3 Å². The summed E-state index contributed by atoms with van der Waals surface area (Å²) in [6.07, 6.45) is 0. The molecule has 3 heterocycles. The molecule has 0 aliphatic carbocycles. The molecule has 0 atom stereocenters. The minimum Gasteiger partial charge on any atom is -0.378 e. The molecular weight excluding hydrogens is 454 g/mol. The molecule has 0 saturated carbocycles. The maximum absolute atomic E-state index is 13.4. The number of ether oxygens (including phenoxy) is 1. The molecule has 0 unspecified atom stereocenters. The normalized spacial score (nSPS) is 17.4. The number of carbonyl (C=O) groups excluding carboxylic acids is 1. The second-order valence-electron chi connectivity index (χ2n) is 8.92. The lowest BCUT2D eigenvalue weighted by atomic mass is 10.0. The molecule has 0 spiro atoms. The molecular formula is C24H27N5O4S. The third-order valence-corrected chi connectivity index (χ3v) is 7.85. The van der Waals surface area contributed by atoms with Crippen molar-refractivity contribution in [3.8, 4) is 0 Å². The van der Waals surface area contributed by atoms with Crippen LogP contribution in [-0.4, -0.2) is 49.8 Å². The monoisotopic (exact) mass is 481 g/mol. The van der Waals surface area contributed by atoms with Gasteiger partial charge in [0.15, 0.2) is 5.82 Å². The summed E-state index contributed by atoms with van der Waals surface area (Å²) < 4.78 is 33.2. The van der Waals surface area contributed by atoms with Crippen molar-refractivity contribution in [3.63, 3.8) is 0 Å². The Bertz CT molecular complexity index is 1310. The van der Waals surface area contributed by atoms with Gasteiger partial charge in [-0.05, 0) is 50.2 Å². The van der Waals surface area contributed by atoms with Gasteiger partial charge in [-0.3, -0.25) is 4.79 Å². The summed E-state index contributed by atoms with van der Waals surface area (Å²) in [7, 11) is -3.93. The molecule has 0 bridgehead atoms. The van der Waals surface area contributed by atoms with Crippen LogP contribution in [0.2, 0.25) is 0 Å². The predicted octanol–water partition coefficient (Wildman–Crippen LogP) is 2.55. The van der Waals surface area contributed by atoms with Crippen molar-refractivity contribution in [1.29, 1.82) is 0 Å². The van der Waals surface area contributed by atoms with E-state index in [2.05, 4.69) is 20.6 Å². The summed E-state index contributed by atoms with van der Waals surface area (Å²) in [5.41, 5.74) is 2.06. The van der Waals surface area contributed by atoms with E-state index in [1.165, 1.54) is 12.1 Å². The first-order chi connectivity index (χ1) is 16.3. The van der Waals surface area contributed by atoms with E-state index in [9.17, 15) is 13.2 Å². The average molecular weight is 482 g/mol. The number of rotatable bonds is 5. The molecule has 1 saturated heterocycles. The second kappa shape index (κ2) is 8.53. The number of amides is 1. The van der Waals surface area contributed by atoms with Gasteiger partial charge in [-0.1, -0.05) is 18.2 Å². The first kappa shape index (κ1) is 22.6. The molecule has 178 valence electrons. The van der Waals surface area contributed by atoms with Crippen LogP contribution in [0.25, 0.3) is 0 Å². The first-order valence-electron chi connectivity index (χ1n) is 11.2. The van der Waals surface area contributed by atoms with E-state index in [0.29, 0.717) is 36.6 Å². The third kappa shape index (κ3) is 3.97. The summed E-state index contributed by atoms with van der Waals surface area (Å²) in [5.74, 6) is -0.0994. The standard InChI is InChI=1S/C24H27N5O4S/c1-24(2)21-20(16-25-24)22(27-29(21)34(31,32)19-6-4-3-5-7-19)26-23(30)17-8-10-18(11-9-17)28-12-14-33-15-13-28/h3-11,25H,12-16H2,1-2H3,(H,26,27,30). The van der Waals surface area contributed by atoms with Gasteiger partial charge in [-0.2, -0.15) is 12.5 Å². The lowest BCUT2D eigenvalue weighted by Gasteiger charge is -2.28. The minimum absolute atomic E-state index is 0.138. The number of nitrogens with one attached hydrogen (secondary N) is 2. The number of aromatic nitrogens is 2. The summed E-state index contributed by atoms with van der Waals surface area (Å²) >= 11 is 0. The fourth-order valence-corrected chi connectivity index (χ4v) is 5.87. The second-order valence-corrected chi connectivity index (χ2v) is 10.7. The van der Waals surface area contributed by atoms with Crippen LogP contribution in [0.15, 0.2) is 59.5 Å². The van der Waals surface area contributed by atoms with Gasteiger partial charge in [-0.25, -0.2) is 0 Å². The molecule has 1 amide bonds. The molecule has 2 N–H and O–H groups in total. The molecule has 3 aromatic rings. The van der Waals surface area contributed by atoms with Crippen LogP contribution in [0, 0.1) is 0 Å². The molecule has 34 heavy (non-hydrogen) atoms. The van der Waals surface area contributed by atoms with Crippen molar-refractivity contribution in [2.75, 3.05) is 36.5 Å². The molecule has 2 aliphatic rings. The number of morpholine rings is 1. The maximum atomic E-state index is 13.4. The number of anilines is 2. The quantitative estimate of drug-likeness (QED) is 0.577. The Morgan fingerprint density at radius 3 is 2.41 bits per heavy atom. The van der Waals surface area contributed by atoms with Gasteiger partial charge in [-0.15, -0.1) is 5.10 Å². The van der Waals surface area contributed by atoms with Crippen LogP contribution >= 0.6 is 0 Å². The van der Waals surface area contributed by atoms with E-state index in [-0.39, 0.29) is 16.6 Å². The van der Waals surface area contributed by atoms with Crippen LogP contribution in [0.3, 0.4) is 0 Å². The zero-order valence-electron chi connectivity index (χ0n) is 19.1. The highest BCUT2D eigenvalue weighted by atomic mass is 32.2. The summed E-state index contributed by atoms with van der Waals surface area (Å²) in [5, 5.41) is 10.5. The van der Waals surface area contributed by atoms with Crippen molar-refractivity contribution in [2.45, 2.75) is 30.8 Å². The van der Waals surface area contributed by atoms with Gasteiger partial charge >= 0.3 is 0 Å². The Hall–Kier alpha value is -3.21. The lowest BCUT2D eigenvalue weighted by Crippen LogP contribution is -2.36. The molecule has 2 aliphatic heterocycles. The molecule has 1 aromatic heterocycles. The summed E-state index contributed by atoms with van der Waals surface area (Å²) in [6.45, 7) is 7.19. The molecule has 5 rings (SSSR count). The molecule has 2 aromatic carbocycles. The Kier molecular flexibility index (Phi) is 5.67. The third-order valence-electron chi connectivity index (χ3n) is 6.26. The van der Waals surface area contributed by atoms with Crippen molar-refractivity contribution in [3.05, 3.63) is 71.4 Å². The zero-order valence-corrected chi connectivity index (χ0v) is 19.9. The van der Waals surface area contributed by atoms with Gasteiger partial charge in [0.05, 0.1) is 29.3 Å². The van der Waals surface area contributed by atoms with Crippen LogP contribution in [0.1, 0.15) is 35.5 Å². The fraction of sp³-hybridized carbons (Fsp3) is 0.333. The van der Waals surface area contributed by atoms with Crippen molar-refractivity contribution in [1.82, 2.24) is 14.5 Å². The van der Waals surface area contributed by atoms with E-state index in [1.807, 2.05) is 26.0 Å². The van der Waals surface area contributed by atoms with Crippen molar-refractivity contribution >= 4 is 27.4 Å². The topological polar surface area (TPSA) is 106 Å². The number of benzene rings is 2. The van der Waals surface area contributed by atoms with Gasteiger partial charge in [0.2, 0.25) is 0 Å². The molecule has 10 heteroatoms. The summed E-state index contributed by atoms with van der Waals surface area (Å²) in [4.78, 5) is 15.4. The highest BCUT2D eigenvalue weighted by Crippen LogP contribution is 2.37. The van der Waals surface area contributed by atoms with Gasteiger partial charge in [0, 0.05) is 36.4 Å². The smallest absolute Gasteiger partial charge is 0.283 e. The number of hydrogen-bond donors (Lipinski definition) is 2. The van der Waals surface area contributed by atoms with Crippen LogP contribution in [0.4, 0.5) is 11.5 Å². The van der Waals surface area contributed by atoms with Gasteiger partial charge in [0.25, 0.3) is 15.9 Å². The van der Waals surface area contributed by atoms with Crippen LogP contribution in [-0.2, 0) is 26.8 Å². The molecule has 9 nitrogen and oxygen atoms in total. The van der Waals surface area contributed by atoms with E-state index in [1.54, 1.807) is 30.3 Å². The Morgan fingerprint density at radius 1 is 1.06 bits per heavy atom. The summed E-state index contributed by atoms with van der Waals surface area (Å²) in [6, 6.07) is 15.5. The SMILES string of the molecule is CC1(C)NCc2c(NC(=O)c3ccc(N4CCOCC4)cc3)nn(S(=O)(=O)c3ccccc3)c21. The Balaban J connectivity index is 1.45. The van der Waals surface area contributed by atoms with Crippen molar-refractivity contribution in [2.24, 2.45) is 0 Å². The number of fused-ring (bicyclic) bond motifs is 1. The molecule has 0 radical (unpaired) electrons. The lowest BCUT2D eigenvalue weighted by molar-refractivity contribution is 0.102. The number of nitrogens with zero attached hydrogens (tertiary/aromatic N) is 3. The van der Waals surface area contributed by atoms with Gasteiger partial charge in [0.1, 0.15) is 0 Å². The number of carbonyl (C=O) groups is 1. The Morgan fingerprint density at radius 2 is 1.74 bits per heavy atom. The Labute approximate surface area is 198 Å². The van der Waals surface area contributed by atoms with E-state index in [0.717, 1.165) is 22.9 Å². The van der Waals surface area contributed by atoms with E-state index < -0.39 is 15.6 Å². The first-order valence-corrected chi connectivity index (χ1v) is 12.6.